The molecule has 0 saturated carbocycles. The third-order valence-electron chi connectivity index (χ3n) is 1.40. The van der Waals surface area contributed by atoms with Crippen LogP contribution in [-0.2, 0) is 4.79 Å². The lowest BCUT2D eigenvalue weighted by atomic mass is 10.2. The molecule has 0 spiro atoms. The minimum Gasteiger partial charge on any atom is -0.332 e. The molecule has 0 rings (SSSR count). The maximum absolute atomic E-state index is 10.6. The summed E-state index contributed by atoms with van der Waals surface area (Å²) in [6.07, 6.45) is 6.40. The maximum Gasteiger partial charge on any atom is 0.237 e. The Kier molecular flexibility index (Phi) is 15.7. The third-order valence-corrected chi connectivity index (χ3v) is 1.40. The maximum atomic E-state index is 10.6. The largest absolute Gasteiger partial charge is 0.332 e. The zero-order chi connectivity index (χ0) is 13.5. The highest BCUT2D eigenvalue weighted by molar-refractivity contribution is 5.78. The Balaban J connectivity index is 0. The lowest BCUT2D eigenvalue weighted by Gasteiger charge is -1.93. The number of allylic oxidation sites excluding steroid dienone is 1. The van der Waals surface area contributed by atoms with Gasteiger partial charge in [0.05, 0.1) is 6.54 Å². The molecule has 0 aliphatic rings. The molecular formula is C14H26N2O. The van der Waals surface area contributed by atoms with Gasteiger partial charge in [-0.25, -0.2) is 0 Å². The Morgan fingerprint density at radius 3 is 2.47 bits per heavy atom. The molecule has 0 aromatic heterocycles. The molecule has 0 atom stereocenters. The van der Waals surface area contributed by atoms with Gasteiger partial charge >= 0.3 is 0 Å². The molecule has 0 heterocycles. The van der Waals surface area contributed by atoms with E-state index in [1.165, 1.54) is 0 Å². The van der Waals surface area contributed by atoms with Crippen LogP contribution in [-0.4, -0.2) is 12.5 Å². The molecule has 0 aliphatic heterocycles. The van der Waals surface area contributed by atoms with Gasteiger partial charge in [-0.2, -0.15) is 0 Å². The van der Waals surface area contributed by atoms with E-state index < -0.39 is 0 Å². The van der Waals surface area contributed by atoms with Crippen LogP contribution >= 0.6 is 0 Å². The number of hydrogen-bond donors (Lipinski definition) is 2. The first-order chi connectivity index (χ1) is 8.04. The molecule has 3 heteroatoms. The summed E-state index contributed by atoms with van der Waals surface area (Å²) in [7, 11) is 0. The van der Waals surface area contributed by atoms with Crippen molar-refractivity contribution in [3.63, 3.8) is 0 Å². The van der Waals surface area contributed by atoms with Gasteiger partial charge < -0.3 is 11.1 Å². The van der Waals surface area contributed by atoms with E-state index in [1.807, 2.05) is 13.0 Å². The molecule has 0 bridgehead atoms. The van der Waals surface area contributed by atoms with Gasteiger partial charge in [-0.15, -0.1) is 11.8 Å². The molecule has 0 saturated heterocycles. The number of hydrogen-bond acceptors (Lipinski definition) is 2. The van der Waals surface area contributed by atoms with Crippen molar-refractivity contribution in [3.05, 3.63) is 12.3 Å². The zero-order valence-electron chi connectivity index (χ0n) is 11.5. The molecule has 0 fully saturated rings. The summed E-state index contributed by atoms with van der Waals surface area (Å²) in [6, 6.07) is 0. The number of carbonyl (C=O) groups is 1. The zero-order valence-corrected chi connectivity index (χ0v) is 11.5. The average Bonchev–Trinajstić information content (AvgIpc) is 2.26. The normalized spacial score (nSPS) is 9.29. The van der Waals surface area contributed by atoms with Gasteiger partial charge in [0.25, 0.3) is 0 Å². The molecule has 0 unspecified atom stereocenters. The minimum absolute atomic E-state index is 0.0334. The second-order valence-electron chi connectivity index (χ2n) is 4.23. The van der Waals surface area contributed by atoms with Gasteiger partial charge in [0.2, 0.25) is 5.91 Å². The second-order valence-corrected chi connectivity index (χ2v) is 4.23. The van der Waals surface area contributed by atoms with Crippen LogP contribution in [0.25, 0.3) is 0 Å². The summed E-state index contributed by atoms with van der Waals surface area (Å²) in [5.74, 6) is 6.46. The van der Waals surface area contributed by atoms with E-state index >= 15 is 0 Å². The third kappa shape index (κ3) is 25.2. The summed E-state index contributed by atoms with van der Waals surface area (Å²) < 4.78 is 0. The van der Waals surface area contributed by atoms with Crippen molar-refractivity contribution in [3.8, 4) is 11.8 Å². The van der Waals surface area contributed by atoms with Gasteiger partial charge in [0.1, 0.15) is 0 Å². The minimum atomic E-state index is -0.162. The molecule has 0 aromatic carbocycles. The standard InChI is InChI=1S/C10H16N2O.C4H10/c1-2-3-4-5-6-7-8-12-10(13)9-11;1-4(2)3/h7-8H,4-6,9,11H2,1H3,(H,12,13);4H,1-3H3/b8-7-;. The second kappa shape index (κ2) is 14.7. The summed E-state index contributed by atoms with van der Waals surface area (Å²) in [5.41, 5.74) is 5.09. The highest BCUT2D eigenvalue weighted by atomic mass is 16.1. The summed E-state index contributed by atoms with van der Waals surface area (Å²) in [5, 5.41) is 2.54. The van der Waals surface area contributed by atoms with Crippen LogP contribution in [0.3, 0.4) is 0 Å². The van der Waals surface area contributed by atoms with E-state index in [-0.39, 0.29) is 12.5 Å². The quantitative estimate of drug-likeness (QED) is 0.571. The van der Waals surface area contributed by atoms with Crippen molar-refractivity contribution >= 4 is 5.91 Å². The molecular weight excluding hydrogens is 212 g/mol. The first kappa shape index (κ1) is 18.1. The summed E-state index contributed by atoms with van der Waals surface area (Å²) >= 11 is 0. The predicted octanol–water partition coefficient (Wildman–Crippen LogP) is 2.43. The van der Waals surface area contributed by atoms with E-state index in [0.717, 1.165) is 25.2 Å². The van der Waals surface area contributed by atoms with Crippen molar-refractivity contribution in [2.45, 2.75) is 47.0 Å². The van der Waals surface area contributed by atoms with Gasteiger partial charge in [-0.1, -0.05) is 26.8 Å². The van der Waals surface area contributed by atoms with Crippen LogP contribution in [0, 0.1) is 17.8 Å². The van der Waals surface area contributed by atoms with E-state index in [9.17, 15) is 4.79 Å². The first-order valence-electron chi connectivity index (χ1n) is 6.08. The molecule has 3 N–H and O–H groups in total. The SMILES string of the molecule is CC#CCCC/C=C\NC(=O)CN.CC(C)C. The number of rotatable bonds is 5. The van der Waals surface area contributed by atoms with Crippen LogP contribution in [0.1, 0.15) is 47.0 Å². The van der Waals surface area contributed by atoms with Crippen LogP contribution in [0.15, 0.2) is 12.3 Å². The first-order valence-corrected chi connectivity index (χ1v) is 6.08. The topological polar surface area (TPSA) is 55.1 Å². The number of nitrogens with two attached hydrogens (primary N) is 1. The molecule has 3 nitrogen and oxygen atoms in total. The van der Waals surface area contributed by atoms with Crippen molar-refractivity contribution in [1.82, 2.24) is 5.32 Å². The molecule has 0 aliphatic carbocycles. The number of unbranched alkanes of at least 4 members (excludes halogenated alkanes) is 2. The molecule has 1 amide bonds. The lowest BCUT2D eigenvalue weighted by molar-refractivity contribution is -0.118. The number of nitrogens with one attached hydrogen (secondary N) is 1. The molecule has 98 valence electrons. The summed E-state index contributed by atoms with van der Waals surface area (Å²) in [6.45, 7) is 8.36. The lowest BCUT2D eigenvalue weighted by Crippen LogP contribution is -2.25. The fourth-order valence-corrected chi connectivity index (χ4v) is 0.727. The van der Waals surface area contributed by atoms with Crippen LogP contribution in [0.2, 0.25) is 0 Å². The molecule has 0 radical (unpaired) electrons. The number of amides is 1. The smallest absolute Gasteiger partial charge is 0.237 e. The fraction of sp³-hybridized carbons (Fsp3) is 0.643. The van der Waals surface area contributed by atoms with Gasteiger partial charge in [0.15, 0.2) is 0 Å². The number of carbonyl (C=O) groups excluding carboxylic acids is 1. The predicted molar refractivity (Wildman–Crippen MR) is 74.2 cm³/mol. The van der Waals surface area contributed by atoms with E-state index in [1.54, 1.807) is 6.20 Å². The van der Waals surface area contributed by atoms with E-state index in [4.69, 9.17) is 5.73 Å². The highest BCUT2D eigenvalue weighted by Gasteiger charge is 1.89. The summed E-state index contributed by atoms with van der Waals surface area (Å²) in [4.78, 5) is 10.6. The van der Waals surface area contributed by atoms with Crippen molar-refractivity contribution in [2.24, 2.45) is 11.7 Å². The molecule has 17 heavy (non-hydrogen) atoms. The van der Waals surface area contributed by atoms with E-state index in [0.29, 0.717) is 0 Å². The Morgan fingerprint density at radius 2 is 2.00 bits per heavy atom. The van der Waals surface area contributed by atoms with Crippen molar-refractivity contribution in [2.75, 3.05) is 6.54 Å². The Bertz CT molecular complexity index is 256. The van der Waals surface area contributed by atoms with Crippen LogP contribution < -0.4 is 11.1 Å². The van der Waals surface area contributed by atoms with Gasteiger partial charge in [-0.3, -0.25) is 4.79 Å². The van der Waals surface area contributed by atoms with Gasteiger partial charge in [-0.05, 0) is 31.9 Å². The van der Waals surface area contributed by atoms with Crippen molar-refractivity contribution < 1.29 is 4.79 Å². The Hall–Kier alpha value is -1.27. The van der Waals surface area contributed by atoms with Crippen LogP contribution in [0.4, 0.5) is 0 Å². The Labute approximate surface area is 106 Å². The fourth-order valence-electron chi connectivity index (χ4n) is 0.727. The average molecular weight is 238 g/mol. The Morgan fingerprint density at radius 1 is 1.41 bits per heavy atom. The van der Waals surface area contributed by atoms with Crippen LogP contribution in [0.5, 0.6) is 0 Å². The highest BCUT2D eigenvalue weighted by Crippen LogP contribution is 1.93. The van der Waals surface area contributed by atoms with E-state index in [2.05, 4.69) is 37.9 Å². The monoisotopic (exact) mass is 238 g/mol. The molecule has 0 aromatic rings. The van der Waals surface area contributed by atoms with Crippen molar-refractivity contribution in [1.29, 1.82) is 0 Å². The van der Waals surface area contributed by atoms with Gasteiger partial charge in [0, 0.05) is 6.42 Å².